The van der Waals surface area contributed by atoms with Crippen LogP contribution >= 0.6 is 0 Å². The first kappa shape index (κ1) is 12.1. The van der Waals surface area contributed by atoms with Crippen molar-refractivity contribution in [2.24, 2.45) is 0 Å². The quantitative estimate of drug-likeness (QED) is 0.796. The number of nitrogens with zero attached hydrogens (tertiary/aromatic N) is 1. The largest absolute Gasteiger partial charge is 0.508 e. The van der Waals surface area contributed by atoms with E-state index >= 15 is 0 Å². The van der Waals surface area contributed by atoms with Gasteiger partial charge in [-0.3, -0.25) is 9.78 Å². The Bertz CT molecular complexity index is 594. The van der Waals surface area contributed by atoms with Gasteiger partial charge in [0.25, 0.3) is 5.91 Å². The van der Waals surface area contributed by atoms with E-state index < -0.39 is 0 Å². The summed E-state index contributed by atoms with van der Waals surface area (Å²) in [7, 11) is 0. The third-order valence-electron chi connectivity index (χ3n) is 2.60. The van der Waals surface area contributed by atoms with E-state index in [1.807, 2.05) is 13.8 Å². The monoisotopic (exact) mass is 242 g/mol. The van der Waals surface area contributed by atoms with Gasteiger partial charge in [-0.15, -0.1) is 0 Å². The molecular formula is C14H14N2O2. The van der Waals surface area contributed by atoms with E-state index in [0.29, 0.717) is 11.3 Å². The fourth-order valence-corrected chi connectivity index (χ4v) is 1.66. The van der Waals surface area contributed by atoms with E-state index in [1.54, 1.807) is 24.4 Å². The van der Waals surface area contributed by atoms with Crippen LogP contribution in [0.1, 0.15) is 21.5 Å². The van der Waals surface area contributed by atoms with Crippen LogP contribution in [0.2, 0.25) is 0 Å². The molecule has 0 saturated carbocycles. The summed E-state index contributed by atoms with van der Waals surface area (Å²) in [6.07, 6.45) is 3.22. The Kier molecular flexibility index (Phi) is 3.28. The standard InChI is InChI=1S/C14H14N2O2/c1-9-5-11(8-15-7-9)14(18)16-13-4-3-12(17)6-10(13)2/h3-8,17H,1-2H3,(H,16,18). The molecule has 2 rings (SSSR count). The number of anilines is 1. The third-order valence-corrected chi connectivity index (χ3v) is 2.60. The summed E-state index contributed by atoms with van der Waals surface area (Å²) in [5.74, 6) is -0.0253. The van der Waals surface area contributed by atoms with E-state index in [0.717, 1.165) is 11.1 Å². The Morgan fingerprint density at radius 2 is 2.00 bits per heavy atom. The molecule has 4 heteroatoms. The van der Waals surface area contributed by atoms with E-state index in [1.165, 1.54) is 12.3 Å². The lowest BCUT2D eigenvalue weighted by molar-refractivity contribution is 0.102. The van der Waals surface area contributed by atoms with Crippen molar-refractivity contribution in [1.29, 1.82) is 0 Å². The zero-order valence-electron chi connectivity index (χ0n) is 10.3. The summed E-state index contributed by atoms with van der Waals surface area (Å²) in [5.41, 5.74) is 2.94. The minimum Gasteiger partial charge on any atom is -0.508 e. The second-order valence-corrected chi connectivity index (χ2v) is 4.20. The van der Waals surface area contributed by atoms with Gasteiger partial charge >= 0.3 is 0 Å². The van der Waals surface area contributed by atoms with Crippen LogP contribution in [0.25, 0.3) is 0 Å². The molecular weight excluding hydrogens is 228 g/mol. The summed E-state index contributed by atoms with van der Waals surface area (Å²) in [6.45, 7) is 3.71. The SMILES string of the molecule is Cc1cncc(C(=O)Nc2ccc(O)cc2C)c1. The van der Waals surface area contributed by atoms with E-state index in [4.69, 9.17) is 0 Å². The molecule has 18 heavy (non-hydrogen) atoms. The first-order valence-electron chi connectivity index (χ1n) is 5.59. The van der Waals surface area contributed by atoms with Gasteiger partial charge < -0.3 is 10.4 Å². The Labute approximate surface area is 105 Å². The molecule has 1 amide bonds. The van der Waals surface area contributed by atoms with Crippen LogP contribution < -0.4 is 5.32 Å². The molecule has 1 aromatic carbocycles. The lowest BCUT2D eigenvalue weighted by atomic mass is 10.1. The van der Waals surface area contributed by atoms with Crippen molar-refractivity contribution < 1.29 is 9.90 Å². The van der Waals surface area contributed by atoms with Crippen molar-refractivity contribution in [3.8, 4) is 5.75 Å². The molecule has 0 fully saturated rings. The van der Waals surface area contributed by atoms with Crippen molar-refractivity contribution in [3.05, 3.63) is 53.3 Å². The van der Waals surface area contributed by atoms with Crippen molar-refractivity contribution in [3.63, 3.8) is 0 Å². The molecule has 0 radical (unpaired) electrons. The van der Waals surface area contributed by atoms with Crippen LogP contribution in [-0.2, 0) is 0 Å². The number of pyridine rings is 1. The lowest BCUT2D eigenvalue weighted by Crippen LogP contribution is -2.13. The number of benzene rings is 1. The fourth-order valence-electron chi connectivity index (χ4n) is 1.66. The normalized spacial score (nSPS) is 10.1. The van der Waals surface area contributed by atoms with Gasteiger partial charge in [-0.1, -0.05) is 0 Å². The highest BCUT2D eigenvalue weighted by atomic mass is 16.3. The highest BCUT2D eigenvalue weighted by Gasteiger charge is 2.08. The summed E-state index contributed by atoms with van der Waals surface area (Å²) >= 11 is 0. The van der Waals surface area contributed by atoms with Gasteiger partial charge in [0, 0.05) is 18.1 Å². The molecule has 1 aromatic heterocycles. The Morgan fingerprint density at radius 1 is 1.22 bits per heavy atom. The first-order chi connectivity index (χ1) is 8.56. The molecule has 4 nitrogen and oxygen atoms in total. The van der Waals surface area contributed by atoms with Crippen LogP contribution in [0.4, 0.5) is 5.69 Å². The van der Waals surface area contributed by atoms with Crippen molar-refractivity contribution >= 4 is 11.6 Å². The van der Waals surface area contributed by atoms with Crippen LogP contribution in [0.5, 0.6) is 5.75 Å². The molecule has 1 heterocycles. The summed E-state index contributed by atoms with van der Waals surface area (Å²) < 4.78 is 0. The molecule has 2 N–H and O–H groups in total. The van der Waals surface area contributed by atoms with E-state index in [-0.39, 0.29) is 11.7 Å². The van der Waals surface area contributed by atoms with Crippen molar-refractivity contribution in [2.45, 2.75) is 13.8 Å². The second-order valence-electron chi connectivity index (χ2n) is 4.20. The summed E-state index contributed by atoms with van der Waals surface area (Å²) in [4.78, 5) is 16.0. The molecule has 0 unspecified atom stereocenters. The molecule has 0 saturated heterocycles. The average Bonchev–Trinajstić information content (AvgIpc) is 2.32. The van der Waals surface area contributed by atoms with Crippen LogP contribution in [0.15, 0.2) is 36.7 Å². The van der Waals surface area contributed by atoms with Crippen LogP contribution in [0, 0.1) is 13.8 Å². The van der Waals surface area contributed by atoms with Crippen LogP contribution in [0.3, 0.4) is 0 Å². The average molecular weight is 242 g/mol. The number of carbonyl (C=O) groups excluding carboxylic acids is 1. The zero-order chi connectivity index (χ0) is 13.1. The van der Waals surface area contributed by atoms with Crippen LogP contribution in [-0.4, -0.2) is 16.0 Å². The highest BCUT2D eigenvalue weighted by Crippen LogP contribution is 2.20. The minimum absolute atomic E-state index is 0.183. The maximum atomic E-state index is 12.0. The molecule has 0 spiro atoms. The number of aryl methyl sites for hydroxylation is 2. The smallest absolute Gasteiger partial charge is 0.257 e. The first-order valence-corrected chi connectivity index (χ1v) is 5.59. The molecule has 0 aliphatic heterocycles. The van der Waals surface area contributed by atoms with E-state index in [9.17, 15) is 9.90 Å². The van der Waals surface area contributed by atoms with Gasteiger partial charge in [0.15, 0.2) is 0 Å². The van der Waals surface area contributed by atoms with Gasteiger partial charge in [-0.2, -0.15) is 0 Å². The third kappa shape index (κ3) is 2.66. The van der Waals surface area contributed by atoms with Gasteiger partial charge in [0.05, 0.1) is 5.56 Å². The highest BCUT2D eigenvalue weighted by molar-refractivity contribution is 6.04. The number of aromatic nitrogens is 1. The van der Waals surface area contributed by atoms with Crippen molar-refractivity contribution in [2.75, 3.05) is 5.32 Å². The minimum atomic E-state index is -0.208. The second kappa shape index (κ2) is 4.87. The number of nitrogens with one attached hydrogen (secondary N) is 1. The molecule has 92 valence electrons. The maximum Gasteiger partial charge on any atom is 0.257 e. The lowest BCUT2D eigenvalue weighted by Gasteiger charge is -2.08. The maximum absolute atomic E-state index is 12.0. The number of aromatic hydroxyl groups is 1. The Morgan fingerprint density at radius 3 is 2.67 bits per heavy atom. The number of hydrogen-bond acceptors (Lipinski definition) is 3. The summed E-state index contributed by atoms with van der Waals surface area (Å²) in [5, 5.41) is 12.1. The molecule has 2 aromatic rings. The van der Waals surface area contributed by atoms with Gasteiger partial charge in [-0.05, 0) is 49.2 Å². The number of phenolic OH excluding ortho intramolecular Hbond substituents is 1. The van der Waals surface area contributed by atoms with Gasteiger partial charge in [0.2, 0.25) is 0 Å². The van der Waals surface area contributed by atoms with E-state index in [2.05, 4.69) is 10.3 Å². The molecule has 0 bridgehead atoms. The fraction of sp³-hybridized carbons (Fsp3) is 0.143. The molecule has 0 atom stereocenters. The zero-order valence-corrected chi connectivity index (χ0v) is 10.3. The van der Waals surface area contributed by atoms with Gasteiger partial charge in [-0.25, -0.2) is 0 Å². The Hall–Kier alpha value is -2.36. The topological polar surface area (TPSA) is 62.2 Å². The predicted molar refractivity (Wildman–Crippen MR) is 69.8 cm³/mol. The Balaban J connectivity index is 2.21. The summed E-state index contributed by atoms with van der Waals surface area (Å²) in [6, 6.07) is 6.59. The van der Waals surface area contributed by atoms with Crippen molar-refractivity contribution in [1.82, 2.24) is 4.98 Å². The predicted octanol–water partition coefficient (Wildman–Crippen LogP) is 2.66. The van der Waals surface area contributed by atoms with Gasteiger partial charge in [0.1, 0.15) is 5.75 Å². The number of rotatable bonds is 2. The molecule has 0 aliphatic rings. The number of hydrogen-bond donors (Lipinski definition) is 2. The molecule has 0 aliphatic carbocycles. The number of carbonyl (C=O) groups is 1. The number of phenols is 1. The number of amides is 1.